The zero-order valence-corrected chi connectivity index (χ0v) is 10.8. The number of carbonyl (C=O) groups excluding carboxylic acids is 1. The molecule has 17 heavy (non-hydrogen) atoms. The van der Waals surface area contributed by atoms with Gasteiger partial charge < -0.3 is 15.4 Å². The number of hydrogen-bond acceptors (Lipinski definition) is 2. The highest BCUT2D eigenvalue weighted by atomic mass is 16.4. The largest absolute Gasteiger partial charge is 0.477 e. The van der Waals surface area contributed by atoms with E-state index in [1.165, 1.54) is 0 Å². The molecule has 0 radical (unpaired) electrons. The number of aryl methyl sites for hydroxylation is 1. The molecule has 1 heterocycles. The van der Waals surface area contributed by atoms with Crippen LogP contribution in [0.4, 0.5) is 0 Å². The first kappa shape index (κ1) is 13.3. The molecule has 1 aromatic heterocycles. The summed E-state index contributed by atoms with van der Waals surface area (Å²) in [6.45, 7) is 8.95. The third kappa shape index (κ3) is 2.87. The third-order valence-corrected chi connectivity index (χ3v) is 2.37. The van der Waals surface area contributed by atoms with Gasteiger partial charge in [0, 0.05) is 11.2 Å². The highest BCUT2D eigenvalue weighted by Crippen LogP contribution is 2.18. The maximum Gasteiger partial charge on any atom is 0.352 e. The second kappa shape index (κ2) is 4.24. The van der Waals surface area contributed by atoms with Gasteiger partial charge in [0.15, 0.2) is 0 Å². The number of carbonyl (C=O) groups is 2. The fourth-order valence-electron chi connectivity index (χ4n) is 1.71. The van der Waals surface area contributed by atoms with Crippen LogP contribution in [0, 0.1) is 13.8 Å². The van der Waals surface area contributed by atoms with Gasteiger partial charge in [0.1, 0.15) is 5.69 Å². The lowest BCUT2D eigenvalue weighted by Crippen LogP contribution is -2.40. The molecule has 0 saturated heterocycles. The number of carboxylic acids is 1. The number of H-pyrrole nitrogens is 1. The number of amides is 1. The van der Waals surface area contributed by atoms with E-state index in [9.17, 15) is 9.59 Å². The predicted molar refractivity (Wildman–Crippen MR) is 64.4 cm³/mol. The van der Waals surface area contributed by atoms with Gasteiger partial charge in [-0.1, -0.05) is 0 Å². The molecule has 0 aliphatic rings. The first-order valence-corrected chi connectivity index (χ1v) is 5.38. The van der Waals surface area contributed by atoms with Crippen molar-refractivity contribution in [3.8, 4) is 0 Å². The minimum atomic E-state index is -1.06. The Bertz CT molecular complexity index is 467. The van der Waals surface area contributed by atoms with E-state index in [0.29, 0.717) is 16.8 Å². The Balaban J connectivity index is 3.15. The van der Waals surface area contributed by atoms with Crippen molar-refractivity contribution in [1.82, 2.24) is 10.3 Å². The summed E-state index contributed by atoms with van der Waals surface area (Å²) >= 11 is 0. The molecule has 0 unspecified atom stereocenters. The number of aromatic amines is 1. The Kier molecular flexibility index (Phi) is 3.31. The SMILES string of the molecule is Cc1[nH]c(C(=O)O)c(C)c1C(=O)NC(C)(C)C. The van der Waals surface area contributed by atoms with Gasteiger partial charge >= 0.3 is 5.97 Å². The first-order chi connectivity index (χ1) is 7.63. The minimum Gasteiger partial charge on any atom is -0.477 e. The Labute approximate surface area is 100 Å². The third-order valence-electron chi connectivity index (χ3n) is 2.37. The molecule has 0 aromatic carbocycles. The molecule has 0 spiro atoms. The quantitative estimate of drug-likeness (QED) is 0.735. The standard InChI is InChI=1S/C12H18N2O3/c1-6-8(10(15)14-12(3,4)5)7(2)13-9(6)11(16)17/h13H,1-5H3,(H,14,15)(H,16,17). The lowest BCUT2D eigenvalue weighted by Gasteiger charge is -2.20. The van der Waals surface area contributed by atoms with E-state index in [1.807, 2.05) is 20.8 Å². The summed E-state index contributed by atoms with van der Waals surface area (Å²) in [6.07, 6.45) is 0. The van der Waals surface area contributed by atoms with Crippen molar-refractivity contribution in [3.05, 3.63) is 22.5 Å². The van der Waals surface area contributed by atoms with Crippen molar-refractivity contribution in [3.63, 3.8) is 0 Å². The molecule has 1 aromatic rings. The van der Waals surface area contributed by atoms with Crippen LogP contribution in [0.25, 0.3) is 0 Å². The molecule has 1 amide bonds. The van der Waals surface area contributed by atoms with Crippen LogP contribution in [-0.4, -0.2) is 27.5 Å². The number of rotatable bonds is 2. The zero-order valence-electron chi connectivity index (χ0n) is 10.8. The predicted octanol–water partition coefficient (Wildman–Crippen LogP) is 1.86. The average Bonchev–Trinajstić information content (AvgIpc) is 2.38. The van der Waals surface area contributed by atoms with Crippen LogP contribution in [0.15, 0.2) is 0 Å². The molecular weight excluding hydrogens is 220 g/mol. The summed E-state index contributed by atoms with van der Waals surface area (Å²) in [5.74, 6) is -1.31. The van der Waals surface area contributed by atoms with Crippen LogP contribution in [0.5, 0.6) is 0 Å². The Morgan fingerprint density at radius 3 is 2.12 bits per heavy atom. The van der Waals surface area contributed by atoms with E-state index in [4.69, 9.17) is 5.11 Å². The molecule has 0 bridgehead atoms. The van der Waals surface area contributed by atoms with Gasteiger partial charge in [-0.25, -0.2) is 4.79 Å². The summed E-state index contributed by atoms with van der Waals surface area (Å²) in [5.41, 5.74) is 1.17. The number of aromatic nitrogens is 1. The van der Waals surface area contributed by atoms with E-state index in [1.54, 1.807) is 13.8 Å². The van der Waals surface area contributed by atoms with Crippen molar-refractivity contribution >= 4 is 11.9 Å². The van der Waals surface area contributed by atoms with Crippen LogP contribution in [-0.2, 0) is 0 Å². The lowest BCUT2D eigenvalue weighted by molar-refractivity contribution is 0.0690. The minimum absolute atomic E-state index is 0.0709. The molecule has 94 valence electrons. The van der Waals surface area contributed by atoms with Gasteiger partial charge in [0.25, 0.3) is 5.91 Å². The number of carboxylic acid groups (broad SMARTS) is 1. The van der Waals surface area contributed by atoms with Crippen LogP contribution in [0.2, 0.25) is 0 Å². The van der Waals surface area contributed by atoms with Gasteiger partial charge in [-0.3, -0.25) is 4.79 Å². The van der Waals surface area contributed by atoms with E-state index >= 15 is 0 Å². The summed E-state index contributed by atoms with van der Waals surface area (Å²) in [6, 6.07) is 0. The molecule has 5 nitrogen and oxygen atoms in total. The van der Waals surface area contributed by atoms with Gasteiger partial charge in [-0.05, 0) is 40.2 Å². The summed E-state index contributed by atoms with van der Waals surface area (Å²) < 4.78 is 0. The molecule has 5 heteroatoms. The molecule has 0 aliphatic carbocycles. The van der Waals surface area contributed by atoms with Crippen LogP contribution >= 0.6 is 0 Å². The highest BCUT2D eigenvalue weighted by molar-refractivity contribution is 6.01. The van der Waals surface area contributed by atoms with Gasteiger partial charge in [-0.15, -0.1) is 0 Å². The first-order valence-electron chi connectivity index (χ1n) is 5.38. The molecular formula is C12H18N2O3. The second-order valence-electron chi connectivity index (χ2n) is 5.13. The fourth-order valence-corrected chi connectivity index (χ4v) is 1.71. The Morgan fingerprint density at radius 1 is 1.24 bits per heavy atom. The number of aromatic carboxylic acids is 1. The zero-order chi connectivity index (χ0) is 13.4. The van der Waals surface area contributed by atoms with Crippen LogP contribution < -0.4 is 5.32 Å². The molecule has 1 rings (SSSR count). The maximum absolute atomic E-state index is 12.0. The van der Waals surface area contributed by atoms with E-state index in [-0.39, 0.29) is 17.1 Å². The van der Waals surface area contributed by atoms with Crippen LogP contribution in [0.1, 0.15) is 52.9 Å². The monoisotopic (exact) mass is 238 g/mol. The van der Waals surface area contributed by atoms with E-state index in [2.05, 4.69) is 10.3 Å². The fraction of sp³-hybridized carbons (Fsp3) is 0.500. The molecule has 0 aliphatic heterocycles. The molecule has 0 saturated carbocycles. The normalized spacial score (nSPS) is 11.4. The van der Waals surface area contributed by atoms with Gasteiger partial charge in [0.2, 0.25) is 0 Å². The molecule has 0 atom stereocenters. The summed E-state index contributed by atoms with van der Waals surface area (Å²) in [4.78, 5) is 25.7. The van der Waals surface area contributed by atoms with Crippen molar-refractivity contribution in [2.75, 3.05) is 0 Å². The summed E-state index contributed by atoms with van der Waals surface area (Å²) in [5, 5.41) is 11.8. The Morgan fingerprint density at radius 2 is 1.76 bits per heavy atom. The van der Waals surface area contributed by atoms with Crippen molar-refractivity contribution in [2.24, 2.45) is 0 Å². The molecule has 3 N–H and O–H groups in total. The topological polar surface area (TPSA) is 82.2 Å². The van der Waals surface area contributed by atoms with Crippen LogP contribution in [0.3, 0.4) is 0 Å². The van der Waals surface area contributed by atoms with Crippen molar-refractivity contribution in [1.29, 1.82) is 0 Å². The lowest BCUT2D eigenvalue weighted by atomic mass is 10.1. The highest BCUT2D eigenvalue weighted by Gasteiger charge is 2.24. The summed E-state index contributed by atoms with van der Waals surface area (Å²) in [7, 11) is 0. The second-order valence-corrected chi connectivity index (χ2v) is 5.13. The van der Waals surface area contributed by atoms with Crippen molar-refractivity contribution in [2.45, 2.75) is 40.2 Å². The number of nitrogens with one attached hydrogen (secondary N) is 2. The molecule has 0 fully saturated rings. The number of hydrogen-bond donors (Lipinski definition) is 3. The maximum atomic E-state index is 12.0. The van der Waals surface area contributed by atoms with E-state index < -0.39 is 5.97 Å². The smallest absolute Gasteiger partial charge is 0.352 e. The Hall–Kier alpha value is -1.78. The average molecular weight is 238 g/mol. The van der Waals surface area contributed by atoms with Crippen molar-refractivity contribution < 1.29 is 14.7 Å². The van der Waals surface area contributed by atoms with E-state index in [0.717, 1.165) is 0 Å². The van der Waals surface area contributed by atoms with Gasteiger partial charge in [0.05, 0.1) is 5.56 Å². The van der Waals surface area contributed by atoms with Gasteiger partial charge in [-0.2, -0.15) is 0 Å².